The number of allylic oxidation sites excluding steroid dienone is 3. The molecule has 0 aliphatic rings. The van der Waals surface area contributed by atoms with Gasteiger partial charge in [-0.1, -0.05) is 34.7 Å². The Bertz CT molecular complexity index is 150. The molecule has 11 heavy (non-hydrogen) atoms. The molecule has 0 aromatic heterocycles. The van der Waals surface area contributed by atoms with Crippen molar-refractivity contribution >= 4 is 22.6 Å². The van der Waals surface area contributed by atoms with Crippen LogP contribution in [-0.2, 0) is 4.74 Å². The van der Waals surface area contributed by atoms with Crippen LogP contribution >= 0.6 is 22.6 Å². The Balaban J connectivity index is 3.64. The van der Waals surface area contributed by atoms with E-state index in [1.165, 1.54) is 0 Å². The first-order chi connectivity index (χ1) is 5.16. The fourth-order valence-corrected chi connectivity index (χ4v) is 1.14. The van der Waals surface area contributed by atoms with Gasteiger partial charge in [0.2, 0.25) is 0 Å². The second-order valence-corrected chi connectivity index (χ2v) is 3.87. The van der Waals surface area contributed by atoms with E-state index in [4.69, 9.17) is 10.5 Å². The average molecular weight is 267 g/mol. The molecular formula is C8H14INO. The predicted octanol–water partition coefficient (Wildman–Crippen LogP) is 1.86. The Hall–Kier alpha value is -0.0300. The van der Waals surface area contributed by atoms with Crippen LogP contribution in [0.2, 0.25) is 0 Å². The summed E-state index contributed by atoms with van der Waals surface area (Å²) in [5.74, 6) is 0. The zero-order chi connectivity index (χ0) is 8.69. The second-order valence-electron chi connectivity index (χ2n) is 2.27. The van der Waals surface area contributed by atoms with Crippen LogP contribution < -0.4 is 5.73 Å². The topological polar surface area (TPSA) is 35.2 Å². The van der Waals surface area contributed by atoms with Crippen LogP contribution in [-0.4, -0.2) is 17.6 Å². The number of nitrogens with two attached hydrogens (primary N) is 1. The smallest absolute Gasteiger partial charge is 0.0615 e. The van der Waals surface area contributed by atoms with Crippen LogP contribution in [0.1, 0.15) is 6.92 Å². The lowest BCUT2D eigenvalue weighted by Crippen LogP contribution is -2.01. The highest BCUT2D eigenvalue weighted by atomic mass is 127. The first-order valence-electron chi connectivity index (χ1n) is 3.40. The van der Waals surface area contributed by atoms with Gasteiger partial charge in [0, 0.05) is 12.8 Å². The van der Waals surface area contributed by atoms with Crippen molar-refractivity contribution in [3.63, 3.8) is 0 Å². The van der Waals surface area contributed by atoms with Crippen molar-refractivity contribution in [3.8, 4) is 0 Å². The molecule has 0 rings (SSSR count). The largest absolute Gasteiger partial charge is 0.402 e. The molecule has 0 aliphatic carbocycles. The Morgan fingerprint density at radius 1 is 1.73 bits per heavy atom. The van der Waals surface area contributed by atoms with Gasteiger partial charge in [-0.15, -0.1) is 0 Å². The van der Waals surface area contributed by atoms with E-state index in [0.29, 0.717) is 3.92 Å². The number of halogens is 1. The van der Waals surface area contributed by atoms with Crippen LogP contribution in [0, 0.1) is 0 Å². The summed E-state index contributed by atoms with van der Waals surface area (Å²) in [6.07, 6.45) is 5.88. The van der Waals surface area contributed by atoms with Gasteiger partial charge >= 0.3 is 0 Å². The highest BCUT2D eigenvalue weighted by molar-refractivity contribution is 14.1. The molecule has 0 saturated carbocycles. The van der Waals surface area contributed by atoms with Gasteiger partial charge in [0.1, 0.15) is 0 Å². The third kappa shape index (κ3) is 7.87. The molecule has 3 heteroatoms. The normalized spacial score (nSPS) is 15.7. The summed E-state index contributed by atoms with van der Waals surface area (Å²) in [5, 5.41) is 0. The fraction of sp³-hybridized carbons (Fsp3) is 0.500. The molecule has 2 N–H and O–H groups in total. The van der Waals surface area contributed by atoms with Crippen LogP contribution in [0.15, 0.2) is 23.9 Å². The van der Waals surface area contributed by atoms with Gasteiger partial charge in [-0.05, 0) is 13.0 Å². The number of methoxy groups -OCH3 is 1. The third-order valence-electron chi connectivity index (χ3n) is 1.00. The van der Waals surface area contributed by atoms with Gasteiger partial charge in [-0.2, -0.15) is 0 Å². The van der Waals surface area contributed by atoms with Crippen molar-refractivity contribution in [2.24, 2.45) is 5.73 Å². The number of alkyl halides is 1. The highest BCUT2D eigenvalue weighted by Crippen LogP contribution is 2.02. The number of ether oxygens (including phenoxy) is 1. The van der Waals surface area contributed by atoms with E-state index in [9.17, 15) is 0 Å². The molecule has 0 fully saturated rings. The standard InChI is InChI=1S/C8H14INO/c1-7(10)4-3-5-8(9)6-11-2/h3-5,8H,6,10H2,1-2H3/b5-3-,7-4-/t8-/m1/s1. The first kappa shape index (κ1) is 11.0. The Labute approximate surface area is 81.6 Å². The number of hydrogen-bond acceptors (Lipinski definition) is 2. The molecule has 0 spiro atoms. The zero-order valence-electron chi connectivity index (χ0n) is 6.88. The van der Waals surface area contributed by atoms with Crippen LogP contribution in [0.25, 0.3) is 0 Å². The summed E-state index contributed by atoms with van der Waals surface area (Å²) in [7, 11) is 1.70. The summed E-state index contributed by atoms with van der Waals surface area (Å²) in [4.78, 5) is 0. The first-order valence-corrected chi connectivity index (χ1v) is 4.65. The summed E-state index contributed by atoms with van der Waals surface area (Å²) in [5.41, 5.74) is 6.25. The third-order valence-corrected chi connectivity index (χ3v) is 1.78. The predicted molar refractivity (Wildman–Crippen MR) is 56.8 cm³/mol. The SMILES string of the molecule is COC[C@H](I)/C=C\C=C(\C)N. The summed E-state index contributed by atoms with van der Waals surface area (Å²) in [6, 6.07) is 0. The lowest BCUT2D eigenvalue weighted by molar-refractivity contribution is 0.210. The maximum atomic E-state index is 5.43. The van der Waals surface area contributed by atoms with E-state index < -0.39 is 0 Å². The molecule has 0 aromatic rings. The van der Waals surface area contributed by atoms with E-state index in [1.807, 2.05) is 19.1 Å². The van der Waals surface area contributed by atoms with Crippen LogP contribution in [0.3, 0.4) is 0 Å². The number of hydrogen-bond donors (Lipinski definition) is 1. The van der Waals surface area contributed by atoms with E-state index in [-0.39, 0.29) is 0 Å². The Morgan fingerprint density at radius 2 is 2.36 bits per heavy atom. The van der Waals surface area contributed by atoms with Crippen LogP contribution in [0.4, 0.5) is 0 Å². The Kier molecular flexibility index (Phi) is 6.65. The fourth-order valence-electron chi connectivity index (χ4n) is 0.543. The minimum absolute atomic E-state index is 0.424. The molecule has 64 valence electrons. The molecule has 0 saturated heterocycles. The lowest BCUT2D eigenvalue weighted by Gasteiger charge is -1.99. The van der Waals surface area contributed by atoms with Gasteiger partial charge in [0.05, 0.1) is 10.5 Å². The molecule has 0 heterocycles. The van der Waals surface area contributed by atoms with Crippen molar-refractivity contribution in [3.05, 3.63) is 23.9 Å². The molecule has 2 nitrogen and oxygen atoms in total. The molecular weight excluding hydrogens is 253 g/mol. The highest BCUT2D eigenvalue weighted by Gasteiger charge is 1.94. The molecule has 0 radical (unpaired) electrons. The molecule has 0 amide bonds. The lowest BCUT2D eigenvalue weighted by atomic mass is 10.3. The van der Waals surface area contributed by atoms with E-state index in [2.05, 4.69) is 28.7 Å². The zero-order valence-corrected chi connectivity index (χ0v) is 9.04. The summed E-state index contributed by atoms with van der Waals surface area (Å²) in [6.45, 7) is 2.61. The monoisotopic (exact) mass is 267 g/mol. The molecule has 0 aliphatic heterocycles. The maximum absolute atomic E-state index is 5.43. The molecule has 0 bridgehead atoms. The van der Waals surface area contributed by atoms with Crippen molar-refractivity contribution < 1.29 is 4.74 Å². The summed E-state index contributed by atoms with van der Waals surface area (Å²) < 4.78 is 5.37. The second kappa shape index (κ2) is 6.67. The van der Waals surface area contributed by atoms with E-state index >= 15 is 0 Å². The minimum atomic E-state index is 0.424. The van der Waals surface area contributed by atoms with Crippen LogP contribution in [0.5, 0.6) is 0 Å². The van der Waals surface area contributed by atoms with Gasteiger partial charge in [0.15, 0.2) is 0 Å². The van der Waals surface area contributed by atoms with Crippen molar-refractivity contribution in [2.75, 3.05) is 13.7 Å². The quantitative estimate of drug-likeness (QED) is 0.479. The average Bonchev–Trinajstić information content (AvgIpc) is 1.87. The Morgan fingerprint density at radius 3 is 2.82 bits per heavy atom. The van der Waals surface area contributed by atoms with Gasteiger partial charge in [-0.3, -0.25) is 0 Å². The van der Waals surface area contributed by atoms with Crippen molar-refractivity contribution in [1.82, 2.24) is 0 Å². The van der Waals surface area contributed by atoms with Crippen molar-refractivity contribution in [2.45, 2.75) is 10.8 Å². The van der Waals surface area contributed by atoms with E-state index in [1.54, 1.807) is 7.11 Å². The van der Waals surface area contributed by atoms with E-state index in [0.717, 1.165) is 12.3 Å². The van der Waals surface area contributed by atoms with Crippen molar-refractivity contribution in [1.29, 1.82) is 0 Å². The van der Waals surface area contributed by atoms with Gasteiger partial charge in [-0.25, -0.2) is 0 Å². The van der Waals surface area contributed by atoms with Gasteiger partial charge in [0.25, 0.3) is 0 Å². The number of rotatable bonds is 4. The van der Waals surface area contributed by atoms with Gasteiger partial charge < -0.3 is 10.5 Å². The maximum Gasteiger partial charge on any atom is 0.0615 e. The summed E-state index contributed by atoms with van der Waals surface area (Å²) >= 11 is 2.31. The minimum Gasteiger partial charge on any atom is -0.402 e. The molecule has 0 aromatic carbocycles. The molecule has 1 atom stereocenters. The molecule has 0 unspecified atom stereocenters.